The summed E-state index contributed by atoms with van der Waals surface area (Å²) in [7, 11) is 0. The van der Waals surface area contributed by atoms with Gasteiger partial charge in [-0.1, -0.05) is 12.1 Å². The lowest BCUT2D eigenvalue weighted by molar-refractivity contribution is -0.153. The molecular weight excluding hydrogens is 260 g/mol. The molecular formula is C15H20O5. The third-order valence-corrected chi connectivity index (χ3v) is 2.72. The summed E-state index contributed by atoms with van der Waals surface area (Å²) in [5, 5.41) is 9.20. The first kappa shape index (κ1) is 16.0. The highest BCUT2D eigenvalue weighted by Gasteiger charge is 2.17. The number of aryl methyl sites for hydroxylation is 1. The number of hydrogen-bond acceptors (Lipinski definition) is 5. The summed E-state index contributed by atoms with van der Waals surface area (Å²) in [6.45, 7) is 3.36. The Morgan fingerprint density at radius 3 is 2.45 bits per heavy atom. The molecule has 0 heterocycles. The van der Waals surface area contributed by atoms with Crippen molar-refractivity contribution < 1.29 is 24.2 Å². The molecule has 110 valence electrons. The van der Waals surface area contributed by atoms with Crippen LogP contribution in [0.1, 0.15) is 32.3 Å². The summed E-state index contributed by atoms with van der Waals surface area (Å²) < 4.78 is 9.98. The van der Waals surface area contributed by atoms with Gasteiger partial charge >= 0.3 is 11.9 Å². The molecule has 0 aliphatic heterocycles. The number of carbonyl (C=O) groups excluding carboxylic acids is 2. The van der Waals surface area contributed by atoms with Gasteiger partial charge in [-0.3, -0.25) is 9.59 Å². The molecule has 5 heteroatoms. The lowest BCUT2D eigenvalue weighted by Gasteiger charge is -2.16. The first-order valence-electron chi connectivity index (χ1n) is 6.62. The molecule has 1 aromatic carbocycles. The van der Waals surface area contributed by atoms with Crippen molar-refractivity contribution in [1.29, 1.82) is 0 Å². The van der Waals surface area contributed by atoms with Crippen LogP contribution in [0.3, 0.4) is 0 Å². The quantitative estimate of drug-likeness (QED) is 0.775. The lowest BCUT2D eigenvalue weighted by Crippen LogP contribution is -2.22. The Morgan fingerprint density at radius 2 is 1.90 bits per heavy atom. The number of carbonyl (C=O) groups is 2. The first-order valence-corrected chi connectivity index (χ1v) is 6.62. The summed E-state index contributed by atoms with van der Waals surface area (Å²) in [5.41, 5.74) is 1.00. The van der Waals surface area contributed by atoms with Crippen molar-refractivity contribution in [2.75, 3.05) is 6.61 Å². The van der Waals surface area contributed by atoms with Gasteiger partial charge in [-0.15, -0.1) is 0 Å². The van der Waals surface area contributed by atoms with E-state index >= 15 is 0 Å². The number of aromatic hydroxyl groups is 1. The Hall–Kier alpha value is -2.04. The number of phenolic OH excluding ortho intramolecular Hbond substituents is 1. The highest BCUT2D eigenvalue weighted by Crippen LogP contribution is 2.14. The molecule has 20 heavy (non-hydrogen) atoms. The number of hydrogen-bond donors (Lipinski definition) is 1. The van der Waals surface area contributed by atoms with Crippen molar-refractivity contribution in [2.45, 2.75) is 39.2 Å². The first-order chi connectivity index (χ1) is 9.51. The minimum Gasteiger partial charge on any atom is -0.508 e. The molecule has 0 fully saturated rings. The van der Waals surface area contributed by atoms with Crippen LogP contribution >= 0.6 is 0 Å². The third kappa shape index (κ3) is 6.22. The smallest absolute Gasteiger partial charge is 0.309 e. The molecule has 1 rings (SSSR count). The van der Waals surface area contributed by atoms with Crippen LogP contribution < -0.4 is 0 Å². The molecule has 0 radical (unpaired) electrons. The average Bonchev–Trinajstić information content (AvgIpc) is 2.37. The molecule has 0 aliphatic carbocycles. The molecule has 5 nitrogen and oxygen atoms in total. The van der Waals surface area contributed by atoms with Gasteiger partial charge in [0.2, 0.25) is 0 Å². The van der Waals surface area contributed by atoms with Crippen LogP contribution in [0.4, 0.5) is 0 Å². The highest BCUT2D eigenvalue weighted by atomic mass is 16.6. The lowest BCUT2D eigenvalue weighted by atomic mass is 10.0. The molecule has 1 N–H and O–H groups in total. The summed E-state index contributed by atoms with van der Waals surface area (Å²) in [6, 6.07) is 6.79. The summed E-state index contributed by atoms with van der Waals surface area (Å²) in [5.74, 6) is -0.578. The van der Waals surface area contributed by atoms with Crippen LogP contribution in [-0.4, -0.2) is 29.8 Å². The molecule has 0 aromatic heterocycles. The monoisotopic (exact) mass is 280 g/mol. The number of rotatable bonds is 7. The van der Waals surface area contributed by atoms with Crippen LogP contribution in [0.15, 0.2) is 24.3 Å². The van der Waals surface area contributed by atoms with Gasteiger partial charge in [0.25, 0.3) is 0 Å². The molecule has 1 atom stereocenters. The highest BCUT2D eigenvalue weighted by molar-refractivity contribution is 5.71. The molecule has 0 amide bonds. The summed E-state index contributed by atoms with van der Waals surface area (Å²) in [6.07, 6.45) is 0.757. The fraction of sp³-hybridized carbons (Fsp3) is 0.467. The maximum Gasteiger partial charge on any atom is 0.309 e. The van der Waals surface area contributed by atoms with E-state index in [1.165, 1.54) is 6.92 Å². The molecule has 1 unspecified atom stereocenters. The number of benzene rings is 1. The van der Waals surface area contributed by atoms with Crippen molar-refractivity contribution in [3.05, 3.63) is 29.8 Å². The SMILES string of the molecule is CCOC(=O)CC(CCc1ccc(O)cc1)OC(C)=O. The predicted octanol–water partition coefficient (Wildman–Crippen LogP) is 2.21. The van der Waals surface area contributed by atoms with E-state index in [-0.39, 0.29) is 18.1 Å². The van der Waals surface area contributed by atoms with Gasteiger partial charge in [0, 0.05) is 6.92 Å². The van der Waals surface area contributed by atoms with Crippen LogP contribution in [-0.2, 0) is 25.5 Å². The zero-order valence-corrected chi connectivity index (χ0v) is 11.8. The Kier molecular flexibility index (Phi) is 6.56. The number of ether oxygens (including phenoxy) is 2. The van der Waals surface area contributed by atoms with Crippen molar-refractivity contribution >= 4 is 11.9 Å². The summed E-state index contributed by atoms with van der Waals surface area (Å²) in [4.78, 5) is 22.5. The second-order valence-electron chi connectivity index (χ2n) is 4.45. The van der Waals surface area contributed by atoms with Gasteiger partial charge in [0.1, 0.15) is 11.9 Å². The number of esters is 2. The van der Waals surface area contributed by atoms with Crippen molar-refractivity contribution in [3.63, 3.8) is 0 Å². The standard InChI is InChI=1S/C15H20O5/c1-3-19-15(18)10-14(20-11(2)16)9-6-12-4-7-13(17)8-5-12/h4-5,7-8,14,17H,3,6,9-10H2,1-2H3. The zero-order valence-electron chi connectivity index (χ0n) is 11.8. The van der Waals surface area contributed by atoms with Crippen LogP contribution in [0.2, 0.25) is 0 Å². The Bertz CT molecular complexity index is 438. The fourth-order valence-corrected chi connectivity index (χ4v) is 1.83. The maximum atomic E-state index is 11.4. The minimum absolute atomic E-state index is 0.0610. The molecule has 0 bridgehead atoms. The minimum atomic E-state index is -0.486. The van der Waals surface area contributed by atoms with Crippen LogP contribution in [0.5, 0.6) is 5.75 Å². The topological polar surface area (TPSA) is 72.8 Å². The predicted molar refractivity (Wildman–Crippen MR) is 73.2 cm³/mol. The van der Waals surface area contributed by atoms with Gasteiger partial charge in [-0.05, 0) is 37.5 Å². The largest absolute Gasteiger partial charge is 0.508 e. The van der Waals surface area contributed by atoms with Gasteiger partial charge in [-0.25, -0.2) is 0 Å². The van der Waals surface area contributed by atoms with E-state index in [1.807, 2.05) is 0 Å². The van der Waals surface area contributed by atoms with Gasteiger partial charge in [0.15, 0.2) is 0 Å². The van der Waals surface area contributed by atoms with E-state index < -0.39 is 12.1 Å². The second-order valence-corrected chi connectivity index (χ2v) is 4.45. The van der Waals surface area contributed by atoms with E-state index in [0.717, 1.165) is 5.56 Å². The fourth-order valence-electron chi connectivity index (χ4n) is 1.83. The third-order valence-electron chi connectivity index (χ3n) is 2.72. The molecule has 1 aromatic rings. The molecule has 0 spiro atoms. The summed E-state index contributed by atoms with van der Waals surface area (Å²) >= 11 is 0. The van der Waals surface area contributed by atoms with Crippen molar-refractivity contribution in [1.82, 2.24) is 0 Å². The Morgan fingerprint density at radius 1 is 1.25 bits per heavy atom. The maximum absolute atomic E-state index is 11.4. The van der Waals surface area contributed by atoms with E-state index in [4.69, 9.17) is 9.47 Å². The Labute approximate surface area is 118 Å². The Balaban J connectivity index is 2.53. The van der Waals surface area contributed by atoms with E-state index in [1.54, 1.807) is 31.2 Å². The van der Waals surface area contributed by atoms with E-state index in [9.17, 15) is 14.7 Å². The molecule has 0 saturated heterocycles. The van der Waals surface area contributed by atoms with Gasteiger partial charge in [-0.2, -0.15) is 0 Å². The van der Waals surface area contributed by atoms with Crippen LogP contribution in [0.25, 0.3) is 0 Å². The van der Waals surface area contributed by atoms with Crippen molar-refractivity contribution in [3.8, 4) is 5.75 Å². The van der Waals surface area contributed by atoms with E-state index in [0.29, 0.717) is 19.4 Å². The van der Waals surface area contributed by atoms with Gasteiger partial charge in [0.05, 0.1) is 13.0 Å². The van der Waals surface area contributed by atoms with Crippen molar-refractivity contribution in [2.24, 2.45) is 0 Å². The average molecular weight is 280 g/mol. The zero-order chi connectivity index (χ0) is 15.0. The number of phenols is 1. The van der Waals surface area contributed by atoms with Crippen LogP contribution in [0, 0.1) is 0 Å². The van der Waals surface area contributed by atoms with Gasteiger partial charge < -0.3 is 14.6 Å². The molecule has 0 saturated carbocycles. The molecule has 0 aliphatic rings. The second kappa shape index (κ2) is 8.19. The normalized spacial score (nSPS) is 11.7. The van der Waals surface area contributed by atoms with E-state index in [2.05, 4.69) is 0 Å².